The van der Waals surface area contributed by atoms with Gasteiger partial charge in [0.05, 0.1) is 12.1 Å². The third-order valence-electron chi connectivity index (χ3n) is 3.56. The predicted molar refractivity (Wildman–Crippen MR) is 88.0 cm³/mol. The fraction of sp³-hybridized carbons (Fsp3) is 0.235. The lowest BCUT2D eigenvalue weighted by Gasteiger charge is -2.09. The van der Waals surface area contributed by atoms with E-state index in [4.69, 9.17) is 4.74 Å². The molecule has 0 atom stereocenters. The lowest BCUT2D eigenvalue weighted by Crippen LogP contribution is -2.06. The van der Waals surface area contributed by atoms with Crippen LogP contribution >= 0.6 is 15.9 Å². The highest BCUT2D eigenvalue weighted by Gasteiger charge is 2.10. The average molecular weight is 345 g/mol. The second kappa shape index (κ2) is 5.90. The van der Waals surface area contributed by atoms with Crippen molar-refractivity contribution in [3.05, 3.63) is 64.1 Å². The summed E-state index contributed by atoms with van der Waals surface area (Å²) in [5.41, 5.74) is 3.43. The number of rotatable bonds is 4. The lowest BCUT2D eigenvalue weighted by molar-refractivity contribution is 0.316. The summed E-state index contributed by atoms with van der Waals surface area (Å²) in [5.74, 6) is 1.96. The van der Waals surface area contributed by atoms with E-state index in [0.29, 0.717) is 6.61 Å². The van der Waals surface area contributed by atoms with E-state index in [0.717, 1.165) is 33.7 Å². The van der Waals surface area contributed by atoms with Crippen molar-refractivity contribution < 1.29 is 4.74 Å². The first-order valence-electron chi connectivity index (χ1n) is 6.97. The lowest BCUT2D eigenvalue weighted by atomic mass is 10.2. The molecule has 0 fully saturated rings. The van der Waals surface area contributed by atoms with Crippen LogP contribution in [0.25, 0.3) is 5.52 Å². The Morgan fingerprint density at radius 3 is 2.71 bits per heavy atom. The normalized spacial score (nSPS) is 11.0. The number of aryl methyl sites for hydroxylation is 2. The molecule has 3 aromatic rings. The smallest absolute Gasteiger partial charge is 0.132 e. The van der Waals surface area contributed by atoms with Crippen molar-refractivity contribution in [2.75, 3.05) is 6.61 Å². The SMILES string of the molecule is Cc1ccccc1OCCc1nc(Br)c2cccc(C)n12. The monoisotopic (exact) mass is 344 g/mol. The molecule has 0 saturated heterocycles. The van der Waals surface area contributed by atoms with Crippen molar-refractivity contribution in [3.63, 3.8) is 0 Å². The Bertz CT molecular complexity index is 780. The number of ether oxygens (including phenoxy) is 1. The van der Waals surface area contributed by atoms with Gasteiger partial charge in [-0.2, -0.15) is 0 Å². The molecule has 2 heterocycles. The zero-order valence-corrected chi connectivity index (χ0v) is 13.7. The van der Waals surface area contributed by atoms with Gasteiger partial charge < -0.3 is 4.74 Å². The van der Waals surface area contributed by atoms with E-state index in [9.17, 15) is 0 Å². The van der Waals surface area contributed by atoms with Crippen LogP contribution in [0.1, 0.15) is 17.1 Å². The molecule has 0 N–H and O–H groups in total. The number of aromatic nitrogens is 2. The number of pyridine rings is 1. The van der Waals surface area contributed by atoms with Crippen molar-refractivity contribution in [1.29, 1.82) is 0 Å². The zero-order valence-electron chi connectivity index (χ0n) is 12.1. The van der Waals surface area contributed by atoms with Gasteiger partial charge in [0.2, 0.25) is 0 Å². The van der Waals surface area contributed by atoms with Crippen molar-refractivity contribution >= 4 is 21.4 Å². The number of hydrogen-bond donors (Lipinski definition) is 0. The predicted octanol–water partition coefficient (Wildman–Crippen LogP) is 4.34. The summed E-state index contributed by atoms with van der Waals surface area (Å²) in [7, 11) is 0. The third-order valence-corrected chi connectivity index (χ3v) is 4.14. The van der Waals surface area contributed by atoms with Gasteiger partial charge in [0.25, 0.3) is 0 Å². The Balaban J connectivity index is 1.79. The molecule has 3 rings (SSSR count). The Labute approximate surface area is 132 Å². The molecule has 0 aliphatic rings. The van der Waals surface area contributed by atoms with Crippen molar-refractivity contribution in [2.24, 2.45) is 0 Å². The molecule has 108 valence electrons. The van der Waals surface area contributed by atoms with Gasteiger partial charge >= 0.3 is 0 Å². The summed E-state index contributed by atoms with van der Waals surface area (Å²) in [6.45, 7) is 4.76. The summed E-state index contributed by atoms with van der Waals surface area (Å²) in [4.78, 5) is 4.60. The number of hydrogen-bond acceptors (Lipinski definition) is 2. The van der Waals surface area contributed by atoms with Gasteiger partial charge in [-0.3, -0.25) is 4.40 Å². The minimum Gasteiger partial charge on any atom is -0.493 e. The topological polar surface area (TPSA) is 26.5 Å². The molecule has 4 heteroatoms. The van der Waals surface area contributed by atoms with Gasteiger partial charge in [0, 0.05) is 12.1 Å². The van der Waals surface area contributed by atoms with Gasteiger partial charge in [-0.05, 0) is 53.5 Å². The summed E-state index contributed by atoms with van der Waals surface area (Å²) < 4.78 is 8.93. The fourth-order valence-corrected chi connectivity index (χ4v) is 2.99. The maximum absolute atomic E-state index is 5.87. The molecular formula is C17H17BrN2O. The van der Waals surface area contributed by atoms with Crippen LogP contribution in [-0.4, -0.2) is 16.0 Å². The molecule has 0 radical (unpaired) electrons. The highest BCUT2D eigenvalue weighted by molar-refractivity contribution is 9.10. The van der Waals surface area contributed by atoms with Gasteiger partial charge in [0.1, 0.15) is 16.2 Å². The summed E-state index contributed by atoms with van der Waals surface area (Å²) >= 11 is 3.53. The second-order valence-electron chi connectivity index (χ2n) is 5.07. The molecule has 0 aliphatic carbocycles. The van der Waals surface area contributed by atoms with E-state index in [1.54, 1.807) is 0 Å². The minimum atomic E-state index is 0.616. The van der Waals surface area contributed by atoms with Crippen LogP contribution in [0.4, 0.5) is 0 Å². The Morgan fingerprint density at radius 2 is 1.90 bits per heavy atom. The Hall–Kier alpha value is -1.81. The van der Waals surface area contributed by atoms with E-state index in [1.165, 1.54) is 5.69 Å². The largest absolute Gasteiger partial charge is 0.493 e. The number of para-hydroxylation sites is 1. The third kappa shape index (κ3) is 2.81. The van der Waals surface area contributed by atoms with Crippen LogP contribution in [-0.2, 0) is 6.42 Å². The molecule has 1 aromatic carbocycles. The molecule has 0 spiro atoms. The van der Waals surface area contributed by atoms with Crippen molar-refractivity contribution in [2.45, 2.75) is 20.3 Å². The van der Waals surface area contributed by atoms with Crippen molar-refractivity contribution in [3.8, 4) is 5.75 Å². The Kier molecular flexibility index (Phi) is 3.97. The molecule has 2 aromatic heterocycles. The standard InChI is InChI=1S/C17H17BrN2O/c1-12-6-3-4-9-15(12)21-11-10-16-19-17(18)14-8-5-7-13(2)20(14)16/h3-9H,10-11H2,1-2H3. The summed E-state index contributed by atoms with van der Waals surface area (Å²) in [6.07, 6.45) is 0.770. The first kappa shape index (κ1) is 14.1. The molecule has 0 bridgehead atoms. The number of imidazole rings is 1. The average Bonchev–Trinajstić information content (AvgIpc) is 2.79. The van der Waals surface area contributed by atoms with Crippen LogP contribution < -0.4 is 4.74 Å². The first-order valence-corrected chi connectivity index (χ1v) is 7.77. The van der Waals surface area contributed by atoms with E-state index in [-0.39, 0.29) is 0 Å². The van der Waals surface area contributed by atoms with Gasteiger partial charge in [-0.1, -0.05) is 24.3 Å². The maximum Gasteiger partial charge on any atom is 0.132 e. The number of nitrogens with zero attached hydrogens (tertiary/aromatic N) is 2. The number of halogens is 1. The fourth-order valence-electron chi connectivity index (χ4n) is 2.48. The molecular weight excluding hydrogens is 328 g/mol. The van der Waals surface area contributed by atoms with Gasteiger partial charge in [-0.15, -0.1) is 0 Å². The highest BCUT2D eigenvalue weighted by atomic mass is 79.9. The molecule has 3 nitrogen and oxygen atoms in total. The van der Waals surface area contributed by atoms with Gasteiger partial charge in [-0.25, -0.2) is 4.98 Å². The highest BCUT2D eigenvalue weighted by Crippen LogP contribution is 2.21. The zero-order chi connectivity index (χ0) is 14.8. The summed E-state index contributed by atoms with van der Waals surface area (Å²) in [6, 6.07) is 14.3. The van der Waals surface area contributed by atoms with Crippen LogP contribution in [0, 0.1) is 13.8 Å². The van der Waals surface area contributed by atoms with Crippen LogP contribution in [0.5, 0.6) is 5.75 Å². The van der Waals surface area contributed by atoms with E-state index < -0.39 is 0 Å². The Morgan fingerprint density at radius 1 is 1.10 bits per heavy atom. The first-order chi connectivity index (χ1) is 10.2. The minimum absolute atomic E-state index is 0.616. The van der Waals surface area contributed by atoms with Crippen LogP contribution in [0.2, 0.25) is 0 Å². The molecule has 0 unspecified atom stereocenters. The molecule has 21 heavy (non-hydrogen) atoms. The van der Waals surface area contributed by atoms with Gasteiger partial charge in [0.15, 0.2) is 0 Å². The molecule has 0 aliphatic heterocycles. The maximum atomic E-state index is 5.87. The van der Waals surface area contributed by atoms with E-state index in [1.807, 2.05) is 24.3 Å². The molecule has 0 amide bonds. The van der Waals surface area contributed by atoms with E-state index >= 15 is 0 Å². The summed E-state index contributed by atoms with van der Waals surface area (Å²) in [5, 5.41) is 0. The van der Waals surface area contributed by atoms with Crippen molar-refractivity contribution in [1.82, 2.24) is 9.38 Å². The number of benzene rings is 1. The van der Waals surface area contributed by atoms with E-state index in [2.05, 4.69) is 57.4 Å². The molecule has 0 saturated carbocycles. The van der Waals surface area contributed by atoms with Crippen LogP contribution in [0.15, 0.2) is 47.1 Å². The second-order valence-corrected chi connectivity index (χ2v) is 5.82. The number of fused-ring (bicyclic) bond motifs is 1. The quantitative estimate of drug-likeness (QED) is 0.703. The van der Waals surface area contributed by atoms with Crippen LogP contribution in [0.3, 0.4) is 0 Å².